The number of nitrogens with one attached hydrogen (secondary N) is 2. The number of rotatable bonds is 2. The van der Waals surface area contributed by atoms with E-state index in [0.717, 1.165) is 6.54 Å². The molecule has 0 amide bonds. The van der Waals surface area contributed by atoms with E-state index in [-0.39, 0.29) is 0 Å². The summed E-state index contributed by atoms with van der Waals surface area (Å²) >= 11 is 0. The van der Waals surface area contributed by atoms with Crippen molar-refractivity contribution in [2.75, 3.05) is 13.1 Å². The second-order valence-electron chi connectivity index (χ2n) is 3.00. The van der Waals surface area contributed by atoms with Gasteiger partial charge in [-0.15, -0.1) is 0 Å². The first-order valence-electron chi connectivity index (χ1n) is 4.64. The number of aromatic nitrogens is 2. The molecule has 15 heavy (non-hydrogen) atoms. The van der Waals surface area contributed by atoms with Crippen LogP contribution in [0, 0.1) is 11.8 Å². The van der Waals surface area contributed by atoms with E-state index in [1.807, 2.05) is 6.92 Å². The lowest BCUT2D eigenvalue weighted by atomic mass is 10.3. The van der Waals surface area contributed by atoms with Crippen LogP contribution in [-0.4, -0.2) is 22.6 Å². The Kier molecular flexibility index (Phi) is 3.89. The molecular formula is C10H13N3O2. The molecular weight excluding hydrogens is 194 g/mol. The molecule has 0 aliphatic heterocycles. The predicted octanol–water partition coefficient (Wildman–Crippen LogP) is -0.965. The number of nitrogens with zero attached hydrogens (tertiary/aromatic N) is 1. The summed E-state index contributed by atoms with van der Waals surface area (Å²) in [6.45, 7) is 3.33. The minimum Gasteiger partial charge on any atom is -0.306 e. The van der Waals surface area contributed by atoms with Gasteiger partial charge in [-0.05, 0) is 6.54 Å². The number of H-pyrrole nitrogens is 1. The first kappa shape index (κ1) is 11.3. The number of aryl methyl sites for hydroxylation is 1. The van der Waals surface area contributed by atoms with E-state index in [9.17, 15) is 9.59 Å². The zero-order valence-corrected chi connectivity index (χ0v) is 8.76. The van der Waals surface area contributed by atoms with Crippen molar-refractivity contribution >= 4 is 0 Å². The van der Waals surface area contributed by atoms with E-state index in [1.54, 1.807) is 7.05 Å². The Bertz CT molecular complexity index is 502. The van der Waals surface area contributed by atoms with Gasteiger partial charge in [0.15, 0.2) is 0 Å². The molecule has 0 spiro atoms. The summed E-state index contributed by atoms with van der Waals surface area (Å²) in [7, 11) is 1.56. The zero-order chi connectivity index (χ0) is 11.3. The van der Waals surface area contributed by atoms with Crippen molar-refractivity contribution in [1.29, 1.82) is 0 Å². The van der Waals surface area contributed by atoms with Gasteiger partial charge < -0.3 is 9.88 Å². The summed E-state index contributed by atoms with van der Waals surface area (Å²) in [5.74, 6) is 5.49. The van der Waals surface area contributed by atoms with Crippen LogP contribution in [0.25, 0.3) is 0 Å². The van der Waals surface area contributed by atoms with Crippen molar-refractivity contribution < 1.29 is 0 Å². The molecule has 1 aromatic rings. The van der Waals surface area contributed by atoms with E-state index in [4.69, 9.17) is 0 Å². The SMILES string of the molecule is CCNCC#Cc1cn(C)c(=O)[nH]c1=O. The van der Waals surface area contributed by atoms with Crippen molar-refractivity contribution in [2.24, 2.45) is 7.05 Å². The van der Waals surface area contributed by atoms with Gasteiger partial charge in [0.1, 0.15) is 5.56 Å². The summed E-state index contributed by atoms with van der Waals surface area (Å²) in [6, 6.07) is 0. The van der Waals surface area contributed by atoms with Crippen LogP contribution in [0.1, 0.15) is 12.5 Å². The molecule has 1 rings (SSSR count). The fourth-order valence-electron chi connectivity index (χ4n) is 0.979. The zero-order valence-electron chi connectivity index (χ0n) is 8.76. The van der Waals surface area contributed by atoms with Gasteiger partial charge in [-0.3, -0.25) is 9.78 Å². The Morgan fingerprint density at radius 2 is 2.27 bits per heavy atom. The lowest BCUT2D eigenvalue weighted by Gasteiger charge is -1.95. The lowest BCUT2D eigenvalue weighted by molar-refractivity contribution is 0.794. The van der Waals surface area contributed by atoms with Crippen LogP contribution >= 0.6 is 0 Å². The number of aromatic amines is 1. The molecule has 1 heterocycles. The summed E-state index contributed by atoms with van der Waals surface area (Å²) in [5, 5.41) is 3.01. The van der Waals surface area contributed by atoms with Crippen LogP contribution in [0.3, 0.4) is 0 Å². The molecule has 5 nitrogen and oxygen atoms in total. The standard InChI is InChI=1S/C10H13N3O2/c1-3-11-6-4-5-8-7-13(2)10(15)12-9(8)14/h7,11H,3,6H2,1-2H3,(H,12,14,15). The predicted molar refractivity (Wildman–Crippen MR) is 57.7 cm³/mol. The van der Waals surface area contributed by atoms with Crippen LogP contribution in [0.5, 0.6) is 0 Å². The second kappa shape index (κ2) is 5.17. The molecule has 0 aliphatic rings. The highest BCUT2D eigenvalue weighted by molar-refractivity contribution is 5.29. The van der Waals surface area contributed by atoms with Crippen LogP contribution in [-0.2, 0) is 7.05 Å². The van der Waals surface area contributed by atoms with E-state index >= 15 is 0 Å². The molecule has 0 radical (unpaired) electrons. The maximum absolute atomic E-state index is 11.3. The average molecular weight is 207 g/mol. The van der Waals surface area contributed by atoms with Gasteiger partial charge in [0.2, 0.25) is 0 Å². The third kappa shape index (κ3) is 3.11. The minimum absolute atomic E-state index is 0.301. The van der Waals surface area contributed by atoms with Crippen LogP contribution in [0.15, 0.2) is 15.8 Å². The molecule has 0 unspecified atom stereocenters. The van der Waals surface area contributed by atoms with Gasteiger partial charge in [-0.2, -0.15) is 0 Å². The number of hydrogen-bond acceptors (Lipinski definition) is 3. The van der Waals surface area contributed by atoms with Crippen molar-refractivity contribution in [3.8, 4) is 11.8 Å². The summed E-state index contributed by atoms with van der Waals surface area (Å²) in [6.07, 6.45) is 1.43. The largest absolute Gasteiger partial charge is 0.328 e. The van der Waals surface area contributed by atoms with Crippen molar-refractivity contribution in [3.05, 3.63) is 32.6 Å². The van der Waals surface area contributed by atoms with Crippen LogP contribution in [0.2, 0.25) is 0 Å². The normalized spacial score (nSPS) is 9.47. The first-order valence-corrected chi connectivity index (χ1v) is 4.64. The van der Waals surface area contributed by atoms with Crippen molar-refractivity contribution in [3.63, 3.8) is 0 Å². The quantitative estimate of drug-likeness (QED) is 0.484. The fraction of sp³-hybridized carbons (Fsp3) is 0.400. The highest BCUT2D eigenvalue weighted by Gasteiger charge is 1.97. The van der Waals surface area contributed by atoms with Gasteiger partial charge in [0.05, 0.1) is 6.54 Å². The Morgan fingerprint density at radius 1 is 1.53 bits per heavy atom. The highest BCUT2D eigenvalue weighted by atomic mass is 16.2. The average Bonchev–Trinajstić information content (AvgIpc) is 2.20. The Hall–Kier alpha value is -1.80. The fourth-order valence-corrected chi connectivity index (χ4v) is 0.979. The van der Waals surface area contributed by atoms with E-state index in [0.29, 0.717) is 12.1 Å². The van der Waals surface area contributed by atoms with E-state index < -0.39 is 11.2 Å². The molecule has 0 bridgehead atoms. The van der Waals surface area contributed by atoms with Gasteiger partial charge >= 0.3 is 5.69 Å². The Morgan fingerprint density at radius 3 is 2.93 bits per heavy atom. The second-order valence-corrected chi connectivity index (χ2v) is 3.00. The van der Waals surface area contributed by atoms with Crippen LogP contribution in [0.4, 0.5) is 0 Å². The smallest absolute Gasteiger partial charge is 0.306 e. The lowest BCUT2D eigenvalue weighted by Crippen LogP contribution is -2.29. The minimum atomic E-state index is -0.443. The van der Waals surface area contributed by atoms with E-state index in [2.05, 4.69) is 22.1 Å². The van der Waals surface area contributed by atoms with Crippen molar-refractivity contribution in [2.45, 2.75) is 6.92 Å². The summed E-state index contributed by atoms with van der Waals surface area (Å²) < 4.78 is 1.29. The Balaban J connectivity index is 2.94. The van der Waals surface area contributed by atoms with E-state index in [1.165, 1.54) is 10.8 Å². The van der Waals surface area contributed by atoms with Gasteiger partial charge in [0, 0.05) is 13.2 Å². The maximum atomic E-state index is 11.3. The molecule has 2 N–H and O–H groups in total. The molecule has 80 valence electrons. The van der Waals surface area contributed by atoms with Gasteiger partial charge in [-0.1, -0.05) is 18.8 Å². The van der Waals surface area contributed by atoms with Gasteiger partial charge in [0.25, 0.3) is 5.56 Å². The first-order chi connectivity index (χ1) is 7.15. The topological polar surface area (TPSA) is 66.9 Å². The summed E-state index contributed by atoms with van der Waals surface area (Å²) in [5.41, 5.74) is -0.575. The molecule has 0 fully saturated rings. The van der Waals surface area contributed by atoms with Gasteiger partial charge in [-0.25, -0.2) is 4.79 Å². The monoisotopic (exact) mass is 207 g/mol. The molecule has 0 aromatic carbocycles. The third-order valence-corrected chi connectivity index (χ3v) is 1.79. The Labute approximate surface area is 87.1 Å². The maximum Gasteiger partial charge on any atom is 0.328 e. The number of hydrogen-bond donors (Lipinski definition) is 2. The third-order valence-electron chi connectivity index (χ3n) is 1.79. The molecule has 1 aromatic heterocycles. The molecule has 5 heteroatoms. The van der Waals surface area contributed by atoms with Crippen LogP contribution < -0.4 is 16.6 Å². The highest BCUT2D eigenvalue weighted by Crippen LogP contribution is 1.81. The molecule has 0 saturated carbocycles. The molecule has 0 atom stereocenters. The summed E-state index contributed by atoms with van der Waals surface area (Å²) in [4.78, 5) is 24.5. The van der Waals surface area contributed by atoms with Crippen molar-refractivity contribution in [1.82, 2.24) is 14.9 Å². The molecule has 0 saturated heterocycles. The molecule has 0 aliphatic carbocycles.